The molecule has 2 N–H and O–H groups in total. The number of benzene rings is 1. The van der Waals surface area contributed by atoms with E-state index in [9.17, 15) is 5.11 Å². The lowest BCUT2D eigenvalue weighted by molar-refractivity contribution is 0.315. The Kier molecular flexibility index (Phi) is 5.29. The monoisotopic (exact) mass is 397 g/mol. The summed E-state index contributed by atoms with van der Waals surface area (Å²) < 4.78 is 5.73. The zero-order valence-electron chi connectivity index (χ0n) is 15.8. The molecule has 1 fully saturated rings. The van der Waals surface area contributed by atoms with E-state index < -0.39 is 0 Å². The lowest BCUT2D eigenvalue weighted by atomic mass is 10.1. The highest BCUT2D eigenvalue weighted by Gasteiger charge is 2.22. The maximum atomic E-state index is 9.67. The summed E-state index contributed by atoms with van der Waals surface area (Å²) in [6.07, 6.45) is 2.47. The molecular weight excluding hydrogens is 374 g/mol. The van der Waals surface area contributed by atoms with Gasteiger partial charge in [-0.1, -0.05) is 6.07 Å². The third kappa shape index (κ3) is 3.87. The molecule has 4 rings (SSSR count). The van der Waals surface area contributed by atoms with Crippen molar-refractivity contribution in [1.82, 2.24) is 15.3 Å². The molecule has 0 saturated carbocycles. The van der Waals surface area contributed by atoms with Gasteiger partial charge in [0, 0.05) is 50.6 Å². The van der Waals surface area contributed by atoms with Crippen LogP contribution in [-0.4, -0.2) is 58.6 Å². The Labute approximate surface area is 169 Å². The van der Waals surface area contributed by atoms with E-state index in [1.165, 1.54) is 0 Å². The maximum Gasteiger partial charge on any atom is 0.189 e. The molecule has 2 aliphatic heterocycles. The Hall–Kier alpha value is -2.87. The summed E-state index contributed by atoms with van der Waals surface area (Å²) >= 11 is 5.54. The molecule has 1 aromatic heterocycles. The van der Waals surface area contributed by atoms with Crippen molar-refractivity contribution >= 4 is 28.7 Å². The molecule has 0 aliphatic carbocycles. The number of ether oxygens (including phenoxy) is 1. The van der Waals surface area contributed by atoms with Crippen LogP contribution in [0.25, 0.3) is 0 Å². The maximum absolute atomic E-state index is 9.67. The molecule has 0 radical (unpaired) electrons. The minimum atomic E-state index is 0.286. The molecule has 8 heteroatoms. The van der Waals surface area contributed by atoms with Gasteiger partial charge < -0.3 is 19.6 Å². The summed E-state index contributed by atoms with van der Waals surface area (Å²) in [7, 11) is 0. The number of hydrogen-bond donors (Lipinski definition) is 2. The number of hydrogen-bond acceptors (Lipinski definition) is 6. The van der Waals surface area contributed by atoms with Gasteiger partial charge in [-0.3, -0.25) is 10.4 Å². The lowest BCUT2D eigenvalue weighted by Gasteiger charge is -2.37. The zero-order chi connectivity index (χ0) is 19.5. The Morgan fingerprint density at radius 3 is 2.86 bits per heavy atom. The fraction of sp³-hybridized carbons (Fsp3) is 0.350. The van der Waals surface area contributed by atoms with Crippen LogP contribution in [0.1, 0.15) is 17.7 Å². The molecule has 0 atom stereocenters. The highest BCUT2D eigenvalue weighted by molar-refractivity contribution is 7.80. The van der Waals surface area contributed by atoms with E-state index in [2.05, 4.69) is 25.3 Å². The molecule has 146 valence electrons. The van der Waals surface area contributed by atoms with Gasteiger partial charge in [0.1, 0.15) is 17.2 Å². The van der Waals surface area contributed by atoms with Gasteiger partial charge in [-0.15, -0.1) is 0 Å². The molecule has 3 heterocycles. The van der Waals surface area contributed by atoms with Crippen molar-refractivity contribution in [1.29, 1.82) is 0 Å². The molecule has 0 amide bonds. The second-order valence-corrected chi connectivity index (χ2v) is 7.26. The van der Waals surface area contributed by atoms with E-state index in [-0.39, 0.29) is 5.75 Å². The minimum absolute atomic E-state index is 0.286. The number of pyridine rings is 1. The number of thiocarbonyl (C=S) groups is 1. The number of aromatic nitrogens is 1. The Bertz CT molecular complexity index is 909. The molecule has 0 bridgehead atoms. The summed E-state index contributed by atoms with van der Waals surface area (Å²) in [5, 5.41) is 14.8. The Balaban J connectivity index is 1.37. The van der Waals surface area contributed by atoms with E-state index in [4.69, 9.17) is 17.0 Å². The second kappa shape index (κ2) is 8.02. The third-order valence-corrected chi connectivity index (χ3v) is 5.36. The summed E-state index contributed by atoms with van der Waals surface area (Å²) in [6, 6.07) is 9.28. The van der Waals surface area contributed by atoms with E-state index in [0.29, 0.717) is 18.1 Å². The van der Waals surface area contributed by atoms with Crippen molar-refractivity contribution in [3.05, 3.63) is 47.8 Å². The van der Waals surface area contributed by atoms with Crippen LogP contribution in [0.15, 0.2) is 41.6 Å². The van der Waals surface area contributed by atoms with Crippen LogP contribution in [0.2, 0.25) is 0 Å². The SMILES string of the molecule is Cc1ccnc2c1OCC/C2=N/NC(=S)N1CCN(c2cccc(O)c2)CC1. The number of piperazine rings is 1. The first-order chi connectivity index (χ1) is 13.6. The van der Waals surface area contributed by atoms with Crippen LogP contribution in [0.4, 0.5) is 5.69 Å². The van der Waals surface area contributed by atoms with E-state index >= 15 is 0 Å². The average molecular weight is 398 g/mol. The van der Waals surface area contributed by atoms with Crippen molar-refractivity contribution in [2.75, 3.05) is 37.7 Å². The van der Waals surface area contributed by atoms with Gasteiger partial charge in [0.05, 0.1) is 12.3 Å². The van der Waals surface area contributed by atoms with Crippen LogP contribution < -0.4 is 15.1 Å². The van der Waals surface area contributed by atoms with Gasteiger partial charge >= 0.3 is 0 Å². The predicted octanol–water partition coefficient (Wildman–Crippen LogP) is 2.28. The van der Waals surface area contributed by atoms with Crippen LogP contribution >= 0.6 is 12.2 Å². The Morgan fingerprint density at radius 1 is 1.25 bits per heavy atom. The van der Waals surface area contributed by atoms with Gasteiger partial charge in [0.15, 0.2) is 5.11 Å². The summed E-state index contributed by atoms with van der Waals surface area (Å²) in [6.45, 7) is 5.86. The topological polar surface area (TPSA) is 73.2 Å². The smallest absolute Gasteiger partial charge is 0.189 e. The van der Waals surface area contributed by atoms with Gasteiger partial charge in [0.25, 0.3) is 0 Å². The van der Waals surface area contributed by atoms with Crippen LogP contribution in [0.5, 0.6) is 11.5 Å². The molecule has 2 aromatic rings. The van der Waals surface area contributed by atoms with Crippen molar-refractivity contribution in [2.45, 2.75) is 13.3 Å². The van der Waals surface area contributed by atoms with Crippen LogP contribution in [-0.2, 0) is 0 Å². The highest BCUT2D eigenvalue weighted by Crippen LogP contribution is 2.26. The van der Waals surface area contributed by atoms with Crippen LogP contribution in [0.3, 0.4) is 0 Å². The first-order valence-corrected chi connectivity index (χ1v) is 9.77. The van der Waals surface area contributed by atoms with E-state index in [1.54, 1.807) is 18.3 Å². The summed E-state index contributed by atoms with van der Waals surface area (Å²) in [4.78, 5) is 8.78. The third-order valence-electron chi connectivity index (χ3n) is 5.01. The molecule has 0 spiro atoms. The summed E-state index contributed by atoms with van der Waals surface area (Å²) in [5.41, 5.74) is 6.78. The van der Waals surface area contributed by atoms with Gasteiger partial charge in [0.2, 0.25) is 0 Å². The molecule has 1 aromatic carbocycles. The average Bonchev–Trinajstić information content (AvgIpc) is 2.72. The zero-order valence-corrected chi connectivity index (χ0v) is 16.6. The second-order valence-electron chi connectivity index (χ2n) is 6.87. The number of hydrazone groups is 1. The number of nitrogens with zero attached hydrogens (tertiary/aromatic N) is 4. The first kappa shape index (κ1) is 18.5. The largest absolute Gasteiger partial charge is 0.508 e. The number of fused-ring (bicyclic) bond motifs is 1. The minimum Gasteiger partial charge on any atom is -0.508 e. The normalized spacial score (nSPS) is 17.8. The first-order valence-electron chi connectivity index (χ1n) is 9.36. The number of phenolic OH excluding ortho intramolecular Hbond substituents is 1. The lowest BCUT2D eigenvalue weighted by Crippen LogP contribution is -2.51. The van der Waals surface area contributed by atoms with Crippen molar-refractivity contribution in [3.8, 4) is 11.5 Å². The Morgan fingerprint density at radius 2 is 2.07 bits per heavy atom. The van der Waals surface area contributed by atoms with Gasteiger partial charge in [-0.2, -0.15) is 5.10 Å². The molecule has 7 nitrogen and oxygen atoms in total. The van der Waals surface area contributed by atoms with Crippen LogP contribution in [0, 0.1) is 6.92 Å². The number of phenols is 1. The molecule has 28 heavy (non-hydrogen) atoms. The number of aryl methyl sites for hydroxylation is 1. The molecule has 2 aliphatic rings. The number of anilines is 1. The van der Waals surface area contributed by atoms with Gasteiger partial charge in [-0.05, 0) is 42.9 Å². The highest BCUT2D eigenvalue weighted by atomic mass is 32.1. The van der Waals surface area contributed by atoms with Crippen molar-refractivity contribution in [3.63, 3.8) is 0 Å². The van der Waals surface area contributed by atoms with E-state index in [0.717, 1.165) is 54.6 Å². The number of nitrogens with one attached hydrogen (secondary N) is 1. The predicted molar refractivity (Wildman–Crippen MR) is 113 cm³/mol. The van der Waals surface area contributed by atoms with Crippen molar-refractivity contribution < 1.29 is 9.84 Å². The molecule has 1 saturated heterocycles. The summed E-state index contributed by atoms with van der Waals surface area (Å²) in [5.74, 6) is 1.09. The number of aromatic hydroxyl groups is 1. The van der Waals surface area contributed by atoms with Crippen molar-refractivity contribution in [2.24, 2.45) is 5.10 Å². The fourth-order valence-corrected chi connectivity index (χ4v) is 3.68. The molecular formula is C20H23N5O2S. The van der Waals surface area contributed by atoms with Gasteiger partial charge in [-0.25, -0.2) is 0 Å². The standard InChI is InChI=1S/C20H23N5O2S/c1-14-5-7-21-18-17(6-12-27-19(14)18)22-23-20(28)25-10-8-24(9-11-25)15-3-2-4-16(26)13-15/h2-5,7,13,26H,6,8-12H2,1H3,(H,23,28)/b22-17-. The quantitative estimate of drug-likeness (QED) is 0.595. The number of rotatable bonds is 2. The molecule has 0 unspecified atom stereocenters. The fourth-order valence-electron chi connectivity index (χ4n) is 3.45. The van der Waals surface area contributed by atoms with E-state index in [1.807, 2.05) is 25.1 Å².